The van der Waals surface area contributed by atoms with E-state index in [0.29, 0.717) is 29.9 Å². The van der Waals surface area contributed by atoms with Crippen molar-refractivity contribution in [3.05, 3.63) is 70.3 Å². The molecule has 1 saturated heterocycles. The summed E-state index contributed by atoms with van der Waals surface area (Å²) >= 11 is 6.47. The molecule has 7 nitrogen and oxygen atoms in total. The van der Waals surface area contributed by atoms with Gasteiger partial charge >= 0.3 is 0 Å². The molecule has 2 fully saturated rings. The summed E-state index contributed by atoms with van der Waals surface area (Å²) in [6, 6.07) is 12.0. The number of rotatable bonds is 5. The van der Waals surface area contributed by atoms with Crippen molar-refractivity contribution < 1.29 is 23.2 Å². The van der Waals surface area contributed by atoms with Gasteiger partial charge in [-0.2, -0.15) is 0 Å². The normalized spacial score (nSPS) is 34.4. The Morgan fingerprint density at radius 3 is 2.79 bits per heavy atom. The van der Waals surface area contributed by atoms with Gasteiger partial charge in [0.25, 0.3) is 5.91 Å². The molecule has 2 bridgehead atoms. The zero-order valence-electron chi connectivity index (χ0n) is 28.5. The molecule has 260 valence electrons. The second-order valence-electron chi connectivity index (χ2n) is 15.2. The van der Waals surface area contributed by atoms with Crippen molar-refractivity contribution in [1.82, 2.24) is 4.72 Å². The Kier molecular flexibility index (Phi) is 9.91. The van der Waals surface area contributed by atoms with Gasteiger partial charge < -0.3 is 19.1 Å². The molecule has 1 spiro atoms. The maximum Gasteiger partial charge on any atom is 0.262 e. The summed E-state index contributed by atoms with van der Waals surface area (Å²) in [5.41, 5.74) is 3.82. The highest BCUT2D eigenvalue weighted by Crippen LogP contribution is 2.47. The lowest BCUT2D eigenvalue weighted by Crippen LogP contribution is -2.49. The molecule has 0 radical (unpaired) electrons. The van der Waals surface area contributed by atoms with Crippen LogP contribution in [0.3, 0.4) is 0 Å². The Bertz CT molecular complexity index is 1640. The number of ether oxygens (including phenoxy) is 3. The fourth-order valence-corrected chi connectivity index (χ4v) is 10.1. The van der Waals surface area contributed by atoms with Gasteiger partial charge in [0.1, 0.15) is 5.75 Å². The number of fused-ring (bicyclic) bond motifs is 4. The minimum Gasteiger partial charge on any atom is -0.490 e. The van der Waals surface area contributed by atoms with E-state index in [0.717, 1.165) is 101 Å². The number of aryl methyl sites for hydroxylation is 1. The minimum absolute atomic E-state index is 0.0288. The number of allylic oxidation sites excluding steroid dienone is 1. The van der Waals surface area contributed by atoms with E-state index in [1.165, 1.54) is 11.1 Å². The van der Waals surface area contributed by atoms with Gasteiger partial charge in [0.05, 0.1) is 41.3 Å². The molecule has 7 rings (SSSR count). The molecular weight excluding hydrogens is 644 g/mol. The average molecular weight is 695 g/mol. The van der Waals surface area contributed by atoms with Gasteiger partial charge in [-0.1, -0.05) is 36.7 Å². The van der Waals surface area contributed by atoms with Crippen LogP contribution in [0, 0.1) is 23.7 Å². The Labute approximate surface area is 291 Å². The van der Waals surface area contributed by atoms with E-state index in [2.05, 4.69) is 46.7 Å². The van der Waals surface area contributed by atoms with Gasteiger partial charge in [-0.15, -0.1) is 0 Å². The first kappa shape index (κ1) is 34.0. The fourth-order valence-electron chi connectivity index (χ4n) is 8.46. The van der Waals surface area contributed by atoms with Crippen LogP contribution in [-0.2, 0) is 31.0 Å². The zero-order chi connectivity index (χ0) is 33.5. The van der Waals surface area contributed by atoms with Gasteiger partial charge in [-0.25, -0.2) is 4.21 Å². The lowest BCUT2D eigenvalue weighted by Gasteiger charge is -2.46. The minimum atomic E-state index is -2.91. The third-order valence-corrected chi connectivity index (χ3v) is 14.4. The second-order valence-corrected chi connectivity index (χ2v) is 18.0. The fraction of sp³-hybridized carbons (Fsp3) is 0.590. The van der Waals surface area contributed by atoms with E-state index in [-0.39, 0.29) is 28.6 Å². The van der Waals surface area contributed by atoms with E-state index < -0.39 is 9.71 Å². The first-order chi connectivity index (χ1) is 23.1. The van der Waals surface area contributed by atoms with Crippen LogP contribution in [0.4, 0.5) is 5.69 Å². The highest BCUT2D eigenvalue weighted by atomic mass is 35.5. The van der Waals surface area contributed by atoms with Crippen molar-refractivity contribution >= 4 is 38.8 Å². The molecule has 2 aromatic carbocycles. The monoisotopic (exact) mass is 694 g/mol. The largest absolute Gasteiger partial charge is 0.490 e. The highest BCUT2D eigenvalue weighted by Gasteiger charge is 2.44. The summed E-state index contributed by atoms with van der Waals surface area (Å²) in [4.78, 5) is 16.1. The second kappa shape index (κ2) is 14.0. The number of benzene rings is 2. The topological polar surface area (TPSA) is 77.1 Å². The third kappa shape index (κ3) is 6.92. The number of carbonyl (C=O) groups is 1. The number of hydrogen-bond donors (Lipinski definition) is 1. The Balaban J connectivity index is 1.23. The summed E-state index contributed by atoms with van der Waals surface area (Å²) < 4.78 is 35.4. The number of anilines is 1. The van der Waals surface area contributed by atoms with Crippen LogP contribution >= 0.6 is 11.6 Å². The molecule has 48 heavy (non-hydrogen) atoms. The molecule has 7 atom stereocenters. The van der Waals surface area contributed by atoms with Crippen molar-refractivity contribution in [2.75, 3.05) is 44.4 Å². The molecule has 2 aromatic rings. The van der Waals surface area contributed by atoms with Crippen LogP contribution in [0.1, 0.15) is 80.3 Å². The molecule has 1 N–H and O–H groups in total. The van der Waals surface area contributed by atoms with Crippen LogP contribution in [0.5, 0.6) is 5.75 Å². The number of halogens is 1. The maximum absolute atomic E-state index is 13.8. The summed E-state index contributed by atoms with van der Waals surface area (Å²) in [7, 11) is -2.91. The number of carbonyl (C=O) groups excluding carboxylic acids is 1. The van der Waals surface area contributed by atoms with Crippen LogP contribution in [0.15, 0.2) is 48.6 Å². The van der Waals surface area contributed by atoms with E-state index in [1.54, 1.807) is 6.07 Å². The lowest BCUT2D eigenvalue weighted by atomic mass is 9.68. The molecular formula is C39H51ClN2O5S. The Hall–Kier alpha value is -2.52. The average Bonchev–Trinajstić information content (AvgIpc) is 3.17. The SMILES string of the molecule is C=S1(=O)NC(=O)c2ccc3c(c2)N(C[C@@H]2CC[C@H]2[C@@H](OCCCC2COC2)/C=C/C[C@H](C)[C@H]1C)C[C@@]1(CCCc2cc(Cl)ccc21)CO3. The van der Waals surface area contributed by atoms with E-state index >= 15 is 0 Å². The van der Waals surface area contributed by atoms with Crippen molar-refractivity contribution in [1.29, 1.82) is 0 Å². The number of amides is 1. The van der Waals surface area contributed by atoms with Gasteiger partial charge in [0, 0.05) is 46.9 Å². The summed E-state index contributed by atoms with van der Waals surface area (Å²) in [6.07, 6.45) is 12.8. The van der Waals surface area contributed by atoms with Crippen LogP contribution in [0.2, 0.25) is 5.02 Å². The maximum atomic E-state index is 13.8. The van der Waals surface area contributed by atoms with Crippen LogP contribution < -0.4 is 14.4 Å². The number of nitrogens with zero attached hydrogens (tertiary/aromatic N) is 1. The van der Waals surface area contributed by atoms with E-state index in [1.807, 2.05) is 25.1 Å². The smallest absolute Gasteiger partial charge is 0.262 e. The molecule has 3 aliphatic heterocycles. The predicted octanol–water partition coefficient (Wildman–Crippen LogP) is 7.00. The van der Waals surface area contributed by atoms with Gasteiger partial charge in [0.15, 0.2) is 0 Å². The predicted molar refractivity (Wildman–Crippen MR) is 195 cm³/mol. The molecule has 1 amide bonds. The Morgan fingerprint density at radius 1 is 1.17 bits per heavy atom. The molecule has 2 aliphatic carbocycles. The summed E-state index contributed by atoms with van der Waals surface area (Å²) in [6.45, 7) is 8.71. The van der Waals surface area contributed by atoms with Gasteiger partial charge in [0.2, 0.25) is 0 Å². The number of nitrogens with one attached hydrogen (secondary N) is 1. The molecule has 0 aromatic heterocycles. The first-order valence-electron chi connectivity index (χ1n) is 18.0. The van der Waals surface area contributed by atoms with Gasteiger partial charge in [-0.3, -0.25) is 9.52 Å². The molecule has 1 saturated carbocycles. The van der Waals surface area contributed by atoms with E-state index in [9.17, 15) is 9.00 Å². The van der Waals surface area contributed by atoms with E-state index in [4.69, 9.17) is 25.8 Å². The standard InChI is InChI=1S/C39H51ClN2O5S/c1-26-7-4-10-36(46-18-6-8-28-22-45-23-28)33-14-11-31(33)21-42-24-39(17-5-9-29-19-32(40)13-15-34(29)39)25-47-37-16-12-30(20-35(37)42)38(43)41-48(3,44)27(26)2/h4,10,12-13,15-16,19-20,26-28,31,33,36H,3,5-9,11,14,17-18,21-25H2,1-2H3,(H,41,43,44)/b10-4+/t26-,27+,31-,33+,36-,39-,48?/m0/s1. The van der Waals surface area contributed by atoms with Crippen molar-refractivity contribution in [3.8, 4) is 5.75 Å². The van der Waals surface area contributed by atoms with Crippen LogP contribution in [0.25, 0.3) is 0 Å². The lowest BCUT2D eigenvalue weighted by molar-refractivity contribution is -0.0469. The zero-order valence-corrected chi connectivity index (χ0v) is 30.0. The quantitative estimate of drug-likeness (QED) is 0.207. The third-order valence-electron chi connectivity index (χ3n) is 11.9. The Morgan fingerprint density at radius 2 is 2.02 bits per heavy atom. The van der Waals surface area contributed by atoms with Crippen molar-refractivity contribution in [2.45, 2.75) is 82.0 Å². The molecule has 5 aliphatic rings. The molecule has 1 unspecified atom stereocenters. The summed E-state index contributed by atoms with van der Waals surface area (Å²) in [5.74, 6) is 6.03. The highest BCUT2D eigenvalue weighted by molar-refractivity contribution is 7.99. The van der Waals surface area contributed by atoms with Gasteiger partial charge in [-0.05, 0) is 123 Å². The molecule has 3 heterocycles. The first-order valence-corrected chi connectivity index (χ1v) is 20.1. The van der Waals surface area contributed by atoms with Crippen LogP contribution in [-0.4, -0.2) is 66.9 Å². The van der Waals surface area contributed by atoms with Crippen molar-refractivity contribution in [3.63, 3.8) is 0 Å². The molecule has 9 heteroatoms. The summed E-state index contributed by atoms with van der Waals surface area (Å²) in [5, 5.41) is 0.465. The number of hydrogen-bond acceptors (Lipinski definition) is 6. The van der Waals surface area contributed by atoms with Crippen molar-refractivity contribution in [2.24, 2.45) is 23.7 Å².